The Labute approximate surface area is 134 Å². The van der Waals surface area contributed by atoms with Crippen LogP contribution in [0.1, 0.15) is 58.3 Å². The molecule has 0 saturated heterocycles. The van der Waals surface area contributed by atoms with Crippen LogP contribution >= 0.6 is 0 Å². The maximum atomic E-state index is 12.0. The van der Waals surface area contributed by atoms with Crippen LogP contribution in [0.3, 0.4) is 0 Å². The molecule has 0 spiro atoms. The molecule has 3 nitrogen and oxygen atoms in total. The SMILES string of the molecule is C=C1C[C@H]2[C@H](/C=C/CC(O)CCCCCC)[C@H](O)C[C@@H]2C1=O. The van der Waals surface area contributed by atoms with Crippen LogP contribution in [-0.2, 0) is 4.79 Å². The molecular weight excluding hydrogens is 276 g/mol. The van der Waals surface area contributed by atoms with Crippen LogP contribution in [0.25, 0.3) is 0 Å². The molecule has 0 bridgehead atoms. The van der Waals surface area contributed by atoms with Gasteiger partial charge in [0.25, 0.3) is 0 Å². The van der Waals surface area contributed by atoms with Crippen molar-refractivity contribution in [3.63, 3.8) is 0 Å². The predicted octanol–water partition coefficient (Wildman–Crippen LogP) is 3.41. The van der Waals surface area contributed by atoms with Crippen molar-refractivity contribution < 1.29 is 15.0 Å². The van der Waals surface area contributed by atoms with Gasteiger partial charge in [-0.05, 0) is 37.2 Å². The van der Waals surface area contributed by atoms with Crippen LogP contribution < -0.4 is 0 Å². The smallest absolute Gasteiger partial charge is 0.161 e. The number of Topliss-reactive ketones (excluding diaryl/α,β-unsaturated/α-hetero) is 1. The van der Waals surface area contributed by atoms with Crippen molar-refractivity contribution >= 4 is 5.78 Å². The fraction of sp³-hybridized carbons (Fsp3) is 0.737. The number of aliphatic hydroxyl groups excluding tert-OH is 2. The van der Waals surface area contributed by atoms with Gasteiger partial charge in [-0.1, -0.05) is 51.3 Å². The Kier molecular flexibility index (Phi) is 6.39. The number of hydrogen-bond acceptors (Lipinski definition) is 3. The monoisotopic (exact) mass is 306 g/mol. The average molecular weight is 306 g/mol. The van der Waals surface area contributed by atoms with Gasteiger partial charge in [-0.3, -0.25) is 4.79 Å². The van der Waals surface area contributed by atoms with Crippen molar-refractivity contribution in [2.75, 3.05) is 0 Å². The highest BCUT2D eigenvalue weighted by molar-refractivity contribution is 5.99. The highest BCUT2D eigenvalue weighted by Gasteiger charge is 2.49. The average Bonchev–Trinajstić information content (AvgIpc) is 2.93. The van der Waals surface area contributed by atoms with Gasteiger partial charge < -0.3 is 10.2 Å². The number of hydrogen-bond donors (Lipinski definition) is 2. The lowest BCUT2D eigenvalue weighted by molar-refractivity contribution is -0.118. The van der Waals surface area contributed by atoms with Gasteiger partial charge in [0, 0.05) is 11.8 Å². The van der Waals surface area contributed by atoms with E-state index in [1.165, 1.54) is 19.3 Å². The summed E-state index contributed by atoms with van der Waals surface area (Å²) in [5, 5.41) is 20.1. The molecule has 5 atom stereocenters. The summed E-state index contributed by atoms with van der Waals surface area (Å²) in [6.07, 6.45) is 10.8. The number of unbranched alkanes of at least 4 members (excludes halogenated alkanes) is 3. The molecule has 3 heteroatoms. The minimum Gasteiger partial charge on any atom is -0.393 e. The highest BCUT2D eigenvalue weighted by atomic mass is 16.3. The second-order valence-electron chi connectivity index (χ2n) is 6.99. The Balaban J connectivity index is 1.78. The molecular formula is C19H30O3. The van der Waals surface area contributed by atoms with Gasteiger partial charge in [0.1, 0.15) is 0 Å². The lowest BCUT2D eigenvalue weighted by atomic mass is 9.90. The number of aliphatic hydroxyl groups is 2. The Morgan fingerprint density at radius 1 is 1.36 bits per heavy atom. The summed E-state index contributed by atoms with van der Waals surface area (Å²) in [6.45, 7) is 6.02. The van der Waals surface area contributed by atoms with E-state index < -0.39 is 6.10 Å². The quantitative estimate of drug-likeness (QED) is 0.410. The fourth-order valence-electron chi connectivity index (χ4n) is 3.96. The van der Waals surface area contributed by atoms with Crippen LogP contribution in [0, 0.1) is 17.8 Å². The molecule has 2 rings (SSSR count). The number of carbonyl (C=O) groups is 1. The molecule has 0 amide bonds. The van der Waals surface area contributed by atoms with Gasteiger partial charge in [0.15, 0.2) is 5.78 Å². The van der Waals surface area contributed by atoms with Crippen LogP contribution in [0.4, 0.5) is 0 Å². The minimum absolute atomic E-state index is 0.0314. The van der Waals surface area contributed by atoms with Crippen molar-refractivity contribution in [2.45, 2.75) is 70.5 Å². The molecule has 2 aliphatic carbocycles. The van der Waals surface area contributed by atoms with Crippen LogP contribution in [-0.4, -0.2) is 28.2 Å². The van der Waals surface area contributed by atoms with E-state index in [0.29, 0.717) is 12.8 Å². The zero-order valence-corrected chi connectivity index (χ0v) is 13.7. The highest BCUT2D eigenvalue weighted by Crippen LogP contribution is 2.48. The van der Waals surface area contributed by atoms with E-state index in [9.17, 15) is 15.0 Å². The molecule has 1 unspecified atom stereocenters. The van der Waals surface area contributed by atoms with E-state index in [-0.39, 0.29) is 29.6 Å². The molecule has 2 fully saturated rings. The summed E-state index contributed by atoms with van der Waals surface area (Å²) in [4.78, 5) is 12.0. The van der Waals surface area contributed by atoms with E-state index in [1.54, 1.807) is 0 Å². The second-order valence-corrected chi connectivity index (χ2v) is 6.99. The second kappa shape index (κ2) is 8.07. The molecule has 124 valence electrons. The molecule has 2 aliphatic rings. The Morgan fingerprint density at radius 2 is 2.14 bits per heavy atom. The number of fused-ring (bicyclic) bond motifs is 1. The van der Waals surface area contributed by atoms with Gasteiger partial charge >= 0.3 is 0 Å². The van der Waals surface area contributed by atoms with Crippen molar-refractivity contribution in [3.8, 4) is 0 Å². The summed E-state index contributed by atoms with van der Waals surface area (Å²) in [5.74, 6) is 0.375. The predicted molar refractivity (Wildman–Crippen MR) is 88.4 cm³/mol. The van der Waals surface area contributed by atoms with E-state index in [2.05, 4.69) is 13.5 Å². The first-order valence-corrected chi connectivity index (χ1v) is 8.79. The van der Waals surface area contributed by atoms with Crippen molar-refractivity contribution in [1.29, 1.82) is 0 Å². The lowest BCUT2D eigenvalue weighted by Crippen LogP contribution is -2.16. The largest absolute Gasteiger partial charge is 0.393 e. The van der Waals surface area contributed by atoms with Crippen molar-refractivity contribution in [2.24, 2.45) is 17.8 Å². The van der Waals surface area contributed by atoms with Gasteiger partial charge in [-0.15, -0.1) is 0 Å². The number of ketones is 1. The third kappa shape index (κ3) is 4.08. The van der Waals surface area contributed by atoms with Gasteiger partial charge in [-0.25, -0.2) is 0 Å². The maximum Gasteiger partial charge on any atom is 0.161 e. The topological polar surface area (TPSA) is 57.5 Å². The fourth-order valence-corrected chi connectivity index (χ4v) is 3.96. The molecule has 2 saturated carbocycles. The van der Waals surface area contributed by atoms with E-state index in [4.69, 9.17) is 0 Å². The Bertz CT molecular complexity index is 426. The van der Waals surface area contributed by atoms with E-state index >= 15 is 0 Å². The molecule has 0 aliphatic heterocycles. The zero-order chi connectivity index (χ0) is 16.1. The summed E-state index contributed by atoms with van der Waals surface area (Å²) in [6, 6.07) is 0. The Hall–Kier alpha value is -0.930. The summed E-state index contributed by atoms with van der Waals surface area (Å²) < 4.78 is 0. The molecule has 22 heavy (non-hydrogen) atoms. The van der Waals surface area contributed by atoms with Gasteiger partial charge in [0.2, 0.25) is 0 Å². The van der Waals surface area contributed by atoms with Crippen molar-refractivity contribution in [3.05, 3.63) is 24.3 Å². The summed E-state index contributed by atoms with van der Waals surface area (Å²) in [5.41, 5.74) is 0.719. The van der Waals surface area contributed by atoms with Gasteiger partial charge in [-0.2, -0.15) is 0 Å². The first-order chi connectivity index (χ1) is 10.5. The van der Waals surface area contributed by atoms with Gasteiger partial charge in [0.05, 0.1) is 12.2 Å². The summed E-state index contributed by atoms with van der Waals surface area (Å²) >= 11 is 0. The molecule has 2 N–H and O–H groups in total. The van der Waals surface area contributed by atoms with Crippen LogP contribution in [0.15, 0.2) is 24.3 Å². The molecule has 0 heterocycles. The number of allylic oxidation sites excluding steroid dienone is 1. The third-order valence-corrected chi connectivity index (χ3v) is 5.28. The number of rotatable bonds is 8. The standard InChI is InChI=1S/C19H30O3/c1-3-4-5-6-8-14(20)9-7-10-15-16-11-13(2)19(22)17(16)12-18(15)21/h7,10,14-18,20-21H,2-6,8-9,11-12H2,1H3/b10-7+/t14?,15-,16-,17-,18+/m0/s1. The molecule has 0 aromatic rings. The van der Waals surface area contributed by atoms with Crippen LogP contribution in [0.5, 0.6) is 0 Å². The van der Waals surface area contributed by atoms with Crippen LogP contribution in [0.2, 0.25) is 0 Å². The molecule has 0 aromatic carbocycles. The molecule has 0 aromatic heterocycles. The number of carbonyl (C=O) groups excluding carboxylic acids is 1. The van der Waals surface area contributed by atoms with Crippen molar-refractivity contribution in [1.82, 2.24) is 0 Å². The maximum absolute atomic E-state index is 12.0. The first-order valence-electron chi connectivity index (χ1n) is 8.79. The normalized spacial score (nSPS) is 32.9. The van der Waals surface area contributed by atoms with E-state index in [1.807, 2.05) is 12.2 Å². The molecule has 0 radical (unpaired) electrons. The lowest BCUT2D eigenvalue weighted by Gasteiger charge is -2.16. The third-order valence-electron chi connectivity index (χ3n) is 5.28. The first kappa shape index (κ1) is 17.4. The minimum atomic E-state index is -0.426. The summed E-state index contributed by atoms with van der Waals surface area (Å²) in [7, 11) is 0. The Morgan fingerprint density at radius 3 is 2.86 bits per heavy atom. The zero-order valence-electron chi connectivity index (χ0n) is 13.7. The van der Waals surface area contributed by atoms with E-state index in [0.717, 1.165) is 24.8 Å².